The monoisotopic (exact) mass is 1020 g/mol. The van der Waals surface area contributed by atoms with Crippen molar-refractivity contribution in [1.29, 1.82) is 0 Å². The molecular weight excluding hydrogens is 935 g/mol. The smallest absolute Gasteiger partial charge is 0.329 e. The molecule has 0 aromatic heterocycles. The number of benzene rings is 1. The molecular formula is C58H89NO14. The number of aliphatic hydroxyl groups excluding tert-OH is 4. The van der Waals surface area contributed by atoms with Gasteiger partial charge in [-0.1, -0.05) is 82.7 Å². The molecule has 2 saturated heterocycles. The standard InChI is InChI=1S/C58H89NO14/c1-34-17-13-12-14-18-35(2)45(44-24-23-42(68-8)32-50(44)69-9)31-43-22-20-40(7)58(67,73-43)55(64)56(65)59-26-16-15-19-46(59)57(66)72-49(37(4)29-41-21-25-47(60)51(30-41)70-10)33-48(61)36(3)28-39(6)53(63)54(71-11)52(62)38(5)27-34/h12-14,17-18,23-24,28,32,34,36-38,40-41,43,45-49,51-54,60-63,67H,15-16,19-22,25-27,29-31,33H2,1-11H3. The third-order valence-electron chi connectivity index (χ3n) is 16.5. The summed E-state index contributed by atoms with van der Waals surface area (Å²) in [5, 5.41) is 58.0. The molecule has 15 nitrogen and oxygen atoms in total. The fourth-order valence-electron chi connectivity index (χ4n) is 11.7. The molecule has 3 fully saturated rings. The van der Waals surface area contributed by atoms with E-state index in [1.54, 1.807) is 41.3 Å². The van der Waals surface area contributed by atoms with Crippen LogP contribution in [-0.4, -0.2) is 144 Å². The zero-order valence-corrected chi connectivity index (χ0v) is 45.5. The Bertz CT molecular complexity index is 2090. The predicted octanol–water partition coefficient (Wildman–Crippen LogP) is 7.55. The molecule has 0 spiro atoms. The van der Waals surface area contributed by atoms with Gasteiger partial charge in [0.05, 0.1) is 44.7 Å². The summed E-state index contributed by atoms with van der Waals surface area (Å²) in [6.07, 6.45) is 10.8. The highest BCUT2D eigenvalue weighted by atomic mass is 16.6. The van der Waals surface area contributed by atoms with Crippen LogP contribution in [0.4, 0.5) is 0 Å². The van der Waals surface area contributed by atoms with Crippen LogP contribution < -0.4 is 9.47 Å². The van der Waals surface area contributed by atoms with Crippen molar-refractivity contribution in [3.05, 3.63) is 71.4 Å². The van der Waals surface area contributed by atoms with Crippen LogP contribution in [0.1, 0.15) is 137 Å². The number of piperidine rings is 1. The van der Waals surface area contributed by atoms with Crippen molar-refractivity contribution in [1.82, 2.24) is 4.90 Å². The third kappa shape index (κ3) is 15.4. The summed E-state index contributed by atoms with van der Waals surface area (Å²) in [6, 6.07) is 4.46. The minimum absolute atomic E-state index is 0.0229. The number of methoxy groups -OCH3 is 4. The normalized spacial score (nSPS) is 36.8. The second-order valence-corrected chi connectivity index (χ2v) is 21.9. The van der Waals surface area contributed by atoms with E-state index in [0.717, 1.165) is 17.6 Å². The number of ether oxygens (including phenoxy) is 6. The Morgan fingerprint density at radius 3 is 2.23 bits per heavy atom. The number of ketones is 1. The molecule has 5 N–H and O–H groups in total. The van der Waals surface area contributed by atoms with Gasteiger partial charge in [-0.3, -0.25) is 9.59 Å². The highest BCUT2D eigenvalue weighted by molar-refractivity contribution is 6.39. The van der Waals surface area contributed by atoms with Crippen molar-refractivity contribution in [3.8, 4) is 11.5 Å². The number of amides is 1. The molecule has 2 bridgehead atoms. The Kier molecular flexibility index (Phi) is 22.8. The Balaban J connectivity index is 1.53. The van der Waals surface area contributed by atoms with E-state index in [1.165, 1.54) is 12.0 Å². The summed E-state index contributed by atoms with van der Waals surface area (Å²) in [7, 11) is 6.21. The Hall–Kier alpha value is -3.93. The zero-order valence-electron chi connectivity index (χ0n) is 45.5. The van der Waals surface area contributed by atoms with Crippen molar-refractivity contribution in [2.45, 2.75) is 192 Å². The first-order chi connectivity index (χ1) is 34.7. The largest absolute Gasteiger partial charge is 0.497 e. The first-order valence-electron chi connectivity index (χ1n) is 26.8. The molecule has 1 aliphatic carbocycles. The van der Waals surface area contributed by atoms with Crippen molar-refractivity contribution in [2.24, 2.45) is 35.5 Å². The van der Waals surface area contributed by atoms with Crippen LogP contribution in [0.3, 0.4) is 0 Å². The van der Waals surface area contributed by atoms with E-state index in [9.17, 15) is 39.9 Å². The van der Waals surface area contributed by atoms with Crippen molar-refractivity contribution in [3.63, 3.8) is 0 Å². The number of cyclic esters (lactones) is 1. The molecule has 15 heteroatoms. The number of hydrogen-bond acceptors (Lipinski definition) is 14. The fraction of sp³-hybridized carbons (Fsp3) is 0.707. The van der Waals surface area contributed by atoms with Gasteiger partial charge in [0.25, 0.3) is 11.7 Å². The number of hydrogen-bond donors (Lipinski definition) is 5. The summed E-state index contributed by atoms with van der Waals surface area (Å²) in [5.74, 6) is -6.05. The average Bonchev–Trinajstić information content (AvgIpc) is 3.38. The third-order valence-corrected chi connectivity index (χ3v) is 16.5. The molecule has 17 atom stereocenters. The van der Waals surface area contributed by atoms with Crippen LogP contribution in [0.2, 0.25) is 0 Å². The van der Waals surface area contributed by atoms with Crippen molar-refractivity contribution in [2.75, 3.05) is 35.0 Å². The Morgan fingerprint density at radius 1 is 0.808 bits per heavy atom. The summed E-state index contributed by atoms with van der Waals surface area (Å²) in [6.45, 7) is 13.3. The molecule has 3 aliphatic heterocycles. The second kappa shape index (κ2) is 27.7. The van der Waals surface area contributed by atoms with Gasteiger partial charge in [-0.15, -0.1) is 0 Å². The van der Waals surface area contributed by atoms with Crippen LogP contribution in [0.5, 0.6) is 11.5 Å². The van der Waals surface area contributed by atoms with E-state index in [-0.39, 0.29) is 55.1 Å². The maximum absolute atomic E-state index is 14.6. The fourth-order valence-corrected chi connectivity index (χ4v) is 11.7. The number of fused-ring (bicyclic) bond motifs is 3. The van der Waals surface area contributed by atoms with E-state index in [1.807, 2.05) is 70.2 Å². The number of esters is 1. The van der Waals surface area contributed by atoms with Gasteiger partial charge >= 0.3 is 5.97 Å². The van der Waals surface area contributed by atoms with Gasteiger partial charge in [0.1, 0.15) is 35.9 Å². The highest BCUT2D eigenvalue weighted by Gasteiger charge is 2.53. The topological polar surface area (TPSA) is 211 Å². The first kappa shape index (κ1) is 59.9. The molecule has 410 valence electrons. The summed E-state index contributed by atoms with van der Waals surface area (Å²) < 4.78 is 35.5. The maximum Gasteiger partial charge on any atom is 0.329 e. The zero-order chi connectivity index (χ0) is 53.7. The van der Waals surface area contributed by atoms with Crippen molar-refractivity contribution < 1.29 is 68.3 Å². The molecule has 17 unspecified atom stereocenters. The predicted molar refractivity (Wildman–Crippen MR) is 279 cm³/mol. The van der Waals surface area contributed by atoms with E-state index >= 15 is 0 Å². The lowest BCUT2D eigenvalue weighted by molar-refractivity contribution is -0.264. The van der Waals surface area contributed by atoms with E-state index in [2.05, 4.69) is 13.0 Å². The Morgan fingerprint density at radius 2 is 1.55 bits per heavy atom. The highest BCUT2D eigenvalue weighted by Crippen LogP contribution is 2.43. The van der Waals surface area contributed by atoms with Gasteiger partial charge in [-0.05, 0) is 120 Å². The molecule has 0 radical (unpaired) electrons. The van der Waals surface area contributed by atoms with Gasteiger partial charge in [-0.2, -0.15) is 0 Å². The molecule has 4 aliphatic rings. The molecule has 1 amide bonds. The molecule has 1 aromatic rings. The SMILES string of the molecule is COc1ccc(C2CC3CCC(C)C(O)(O3)C(=O)C(=O)N3CCCCC3C(=O)OC(C(C)CC3CCC(O)C(OC)C3)CC(O)C(C)C=C(C)C(O)C(OC)C(O)C(C)CC(C)C=CC=CC=C2C)c(OC)c1. The van der Waals surface area contributed by atoms with Crippen molar-refractivity contribution >= 4 is 17.7 Å². The number of nitrogens with zero attached hydrogens (tertiary/aromatic N) is 1. The number of aliphatic hydroxyl groups is 5. The lowest BCUT2D eigenvalue weighted by Gasteiger charge is -2.43. The summed E-state index contributed by atoms with van der Waals surface area (Å²) in [5.41, 5.74) is 2.29. The first-order valence-corrected chi connectivity index (χ1v) is 26.8. The van der Waals surface area contributed by atoms with Crippen LogP contribution in [0, 0.1) is 35.5 Å². The molecule has 1 aromatic carbocycles. The lowest BCUT2D eigenvalue weighted by atomic mass is 9.78. The van der Waals surface area contributed by atoms with Gasteiger partial charge in [0, 0.05) is 56.6 Å². The van der Waals surface area contributed by atoms with Gasteiger partial charge < -0.3 is 58.9 Å². The number of Topliss-reactive ketones (excluding diaryl/α,β-unsaturated/α-hetero) is 1. The maximum atomic E-state index is 14.6. The summed E-state index contributed by atoms with van der Waals surface area (Å²) >= 11 is 0. The minimum Gasteiger partial charge on any atom is -0.497 e. The van der Waals surface area contributed by atoms with Gasteiger partial charge in [-0.25, -0.2) is 4.79 Å². The minimum atomic E-state index is -2.47. The average molecular weight is 1020 g/mol. The summed E-state index contributed by atoms with van der Waals surface area (Å²) in [4.78, 5) is 44.9. The number of carbonyl (C=O) groups is 3. The van der Waals surface area contributed by atoms with Crippen LogP contribution >= 0.6 is 0 Å². The van der Waals surface area contributed by atoms with Crippen LogP contribution in [0.25, 0.3) is 0 Å². The van der Waals surface area contributed by atoms with Crippen LogP contribution in [0.15, 0.2) is 65.8 Å². The molecule has 73 heavy (non-hydrogen) atoms. The number of allylic oxidation sites excluding steroid dienone is 6. The molecule has 3 heterocycles. The number of rotatable bonds is 8. The van der Waals surface area contributed by atoms with Gasteiger partial charge in [0.2, 0.25) is 5.79 Å². The molecule has 1 saturated carbocycles. The second-order valence-electron chi connectivity index (χ2n) is 21.9. The quantitative estimate of drug-likeness (QED) is 0.0968. The molecule has 5 rings (SSSR count). The van der Waals surface area contributed by atoms with E-state index in [0.29, 0.717) is 74.9 Å². The van der Waals surface area contributed by atoms with E-state index in [4.69, 9.17) is 28.4 Å². The lowest BCUT2D eigenvalue weighted by Crippen LogP contribution is -2.60. The van der Waals surface area contributed by atoms with Crippen LogP contribution in [-0.2, 0) is 33.3 Å². The van der Waals surface area contributed by atoms with Gasteiger partial charge in [0.15, 0.2) is 0 Å². The number of carbonyl (C=O) groups excluding carboxylic acids is 3. The van der Waals surface area contributed by atoms with E-state index < -0.39 is 84.1 Å². The Labute approximate surface area is 435 Å².